The van der Waals surface area contributed by atoms with Gasteiger partial charge in [0.05, 0.1) is 12.5 Å². The number of carbonyl (C=O) groups excluding carboxylic acids is 1. The summed E-state index contributed by atoms with van der Waals surface area (Å²) in [5.41, 5.74) is 0. The van der Waals surface area contributed by atoms with Crippen LogP contribution in [0.2, 0.25) is 0 Å². The first-order chi connectivity index (χ1) is 7.70. The molecule has 2 aliphatic rings. The summed E-state index contributed by atoms with van der Waals surface area (Å²) in [6, 6.07) is 0.981. The molecule has 4 unspecified atom stereocenters. The highest BCUT2D eigenvalue weighted by atomic mass is 16.5. The third kappa shape index (κ3) is 2.57. The minimum absolute atomic E-state index is 0.0302. The number of ether oxygens (including phenoxy) is 1. The van der Waals surface area contributed by atoms with Crippen molar-refractivity contribution in [2.75, 3.05) is 6.61 Å². The molecule has 0 spiro atoms. The normalized spacial score (nSPS) is 34.0. The standard InChI is InChI=1S/C13H23NO2/c1-3-4-9(2)8-16-13(15)11-7-10-5-6-12(11)14-10/h9-12,14H,3-8H2,1-2H3. The van der Waals surface area contributed by atoms with Gasteiger partial charge in [-0.1, -0.05) is 20.3 Å². The second-order valence-electron chi connectivity index (χ2n) is 5.41. The Hall–Kier alpha value is -0.570. The quantitative estimate of drug-likeness (QED) is 0.728. The van der Waals surface area contributed by atoms with Gasteiger partial charge in [0.1, 0.15) is 0 Å². The summed E-state index contributed by atoms with van der Waals surface area (Å²) in [5, 5.41) is 3.47. The molecule has 2 bridgehead atoms. The molecule has 0 aromatic rings. The van der Waals surface area contributed by atoms with Gasteiger partial charge in [-0.2, -0.15) is 0 Å². The van der Waals surface area contributed by atoms with Crippen molar-refractivity contribution >= 4 is 5.97 Å². The van der Waals surface area contributed by atoms with Crippen LogP contribution in [0.5, 0.6) is 0 Å². The predicted molar refractivity (Wildman–Crippen MR) is 63.1 cm³/mol. The van der Waals surface area contributed by atoms with Crippen LogP contribution in [0.25, 0.3) is 0 Å². The van der Waals surface area contributed by atoms with E-state index in [0.29, 0.717) is 24.6 Å². The van der Waals surface area contributed by atoms with Crippen molar-refractivity contribution in [2.24, 2.45) is 11.8 Å². The Bertz CT molecular complexity index is 254. The van der Waals surface area contributed by atoms with Gasteiger partial charge in [0, 0.05) is 12.1 Å². The van der Waals surface area contributed by atoms with Crippen LogP contribution in [0.4, 0.5) is 0 Å². The predicted octanol–water partition coefficient (Wildman–Crippen LogP) is 2.11. The second kappa shape index (κ2) is 5.17. The van der Waals surface area contributed by atoms with Gasteiger partial charge in [0.15, 0.2) is 0 Å². The molecule has 2 rings (SSSR count). The number of carbonyl (C=O) groups is 1. The molecule has 0 aromatic carbocycles. The van der Waals surface area contributed by atoms with Crippen LogP contribution < -0.4 is 5.32 Å². The maximum absolute atomic E-state index is 11.9. The van der Waals surface area contributed by atoms with E-state index in [-0.39, 0.29) is 11.9 Å². The number of nitrogens with one attached hydrogen (secondary N) is 1. The number of hydrogen-bond acceptors (Lipinski definition) is 3. The number of rotatable bonds is 5. The summed E-state index contributed by atoms with van der Waals surface area (Å²) in [7, 11) is 0. The third-order valence-corrected chi connectivity index (χ3v) is 3.89. The van der Waals surface area contributed by atoms with Crippen LogP contribution in [0.3, 0.4) is 0 Å². The minimum Gasteiger partial charge on any atom is -0.465 e. The average Bonchev–Trinajstić information content (AvgIpc) is 2.88. The maximum Gasteiger partial charge on any atom is 0.310 e. The maximum atomic E-state index is 11.9. The zero-order chi connectivity index (χ0) is 11.5. The van der Waals surface area contributed by atoms with Crippen LogP contribution in [-0.4, -0.2) is 24.7 Å². The molecule has 2 aliphatic heterocycles. The van der Waals surface area contributed by atoms with Gasteiger partial charge in [-0.05, 0) is 31.6 Å². The summed E-state index contributed by atoms with van der Waals surface area (Å²) in [6.07, 6.45) is 5.68. The molecule has 3 heteroatoms. The van der Waals surface area contributed by atoms with Gasteiger partial charge in [0.25, 0.3) is 0 Å². The first-order valence-corrected chi connectivity index (χ1v) is 6.63. The minimum atomic E-state index is 0.0302. The molecule has 1 N–H and O–H groups in total. The number of hydrogen-bond donors (Lipinski definition) is 1. The zero-order valence-corrected chi connectivity index (χ0v) is 10.4. The monoisotopic (exact) mass is 225 g/mol. The van der Waals surface area contributed by atoms with Crippen LogP contribution in [0.15, 0.2) is 0 Å². The third-order valence-electron chi connectivity index (χ3n) is 3.89. The van der Waals surface area contributed by atoms with Crippen molar-refractivity contribution in [3.05, 3.63) is 0 Å². The van der Waals surface area contributed by atoms with E-state index >= 15 is 0 Å². The second-order valence-corrected chi connectivity index (χ2v) is 5.41. The van der Waals surface area contributed by atoms with E-state index in [4.69, 9.17) is 4.74 Å². The molecule has 2 saturated heterocycles. The lowest BCUT2D eigenvalue weighted by atomic mass is 9.89. The lowest BCUT2D eigenvalue weighted by Gasteiger charge is -2.19. The molecule has 0 amide bonds. The lowest BCUT2D eigenvalue weighted by Crippen LogP contribution is -2.30. The van der Waals surface area contributed by atoms with E-state index < -0.39 is 0 Å². The fourth-order valence-electron chi connectivity index (χ4n) is 2.99. The molecule has 2 fully saturated rings. The van der Waals surface area contributed by atoms with Crippen molar-refractivity contribution in [2.45, 2.75) is 58.0 Å². The van der Waals surface area contributed by atoms with E-state index in [1.807, 2.05) is 0 Å². The smallest absolute Gasteiger partial charge is 0.310 e. The van der Waals surface area contributed by atoms with E-state index in [1.54, 1.807) is 0 Å². The Labute approximate surface area is 97.9 Å². The van der Waals surface area contributed by atoms with Crippen LogP contribution in [-0.2, 0) is 9.53 Å². The molecule has 92 valence electrons. The summed E-state index contributed by atoms with van der Waals surface area (Å²) >= 11 is 0. The highest BCUT2D eigenvalue weighted by molar-refractivity contribution is 5.74. The number of fused-ring (bicyclic) bond motifs is 2. The molecule has 16 heavy (non-hydrogen) atoms. The van der Waals surface area contributed by atoms with Crippen molar-refractivity contribution < 1.29 is 9.53 Å². The highest BCUT2D eigenvalue weighted by Gasteiger charge is 2.43. The van der Waals surface area contributed by atoms with E-state index in [9.17, 15) is 4.79 Å². The van der Waals surface area contributed by atoms with Gasteiger partial charge in [-0.3, -0.25) is 4.79 Å². The summed E-state index contributed by atoms with van der Waals surface area (Å²) in [4.78, 5) is 11.9. The van der Waals surface area contributed by atoms with Crippen LogP contribution >= 0.6 is 0 Å². The van der Waals surface area contributed by atoms with Gasteiger partial charge in [0.2, 0.25) is 0 Å². The molecular weight excluding hydrogens is 202 g/mol. The van der Waals surface area contributed by atoms with Crippen LogP contribution in [0, 0.1) is 11.8 Å². The van der Waals surface area contributed by atoms with Gasteiger partial charge in [-0.25, -0.2) is 0 Å². The largest absolute Gasteiger partial charge is 0.465 e. The van der Waals surface area contributed by atoms with Gasteiger partial charge >= 0.3 is 5.97 Å². The Morgan fingerprint density at radius 3 is 2.88 bits per heavy atom. The summed E-state index contributed by atoms with van der Waals surface area (Å²) < 4.78 is 5.41. The lowest BCUT2D eigenvalue weighted by molar-refractivity contribution is -0.150. The van der Waals surface area contributed by atoms with Crippen molar-refractivity contribution in [3.63, 3.8) is 0 Å². The van der Waals surface area contributed by atoms with Crippen LogP contribution in [0.1, 0.15) is 46.0 Å². The Kier molecular flexibility index (Phi) is 3.85. The number of esters is 1. The van der Waals surface area contributed by atoms with Gasteiger partial charge < -0.3 is 10.1 Å². The Balaban J connectivity index is 1.72. The fourth-order valence-corrected chi connectivity index (χ4v) is 2.99. The van der Waals surface area contributed by atoms with E-state index in [0.717, 1.165) is 25.7 Å². The van der Waals surface area contributed by atoms with E-state index in [2.05, 4.69) is 19.2 Å². The molecule has 2 heterocycles. The molecule has 0 radical (unpaired) electrons. The Morgan fingerprint density at radius 1 is 1.50 bits per heavy atom. The molecule has 0 aliphatic carbocycles. The fraction of sp³-hybridized carbons (Fsp3) is 0.923. The van der Waals surface area contributed by atoms with Gasteiger partial charge in [-0.15, -0.1) is 0 Å². The summed E-state index contributed by atoms with van der Waals surface area (Å²) in [5.74, 6) is 0.663. The Morgan fingerprint density at radius 2 is 2.31 bits per heavy atom. The highest BCUT2D eigenvalue weighted by Crippen LogP contribution is 2.33. The first kappa shape index (κ1) is 11.9. The molecular formula is C13H23NO2. The first-order valence-electron chi connectivity index (χ1n) is 6.63. The molecule has 0 aromatic heterocycles. The SMILES string of the molecule is CCCC(C)COC(=O)C1CC2CCC1N2. The molecule has 0 saturated carbocycles. The van der Waals surface area contributed by atoms with Crippen molar-refractivity contribution in [1.29, 1.82) is 0 Å². The van der Waals surface area contributed by atoms with Crippen molar-refractivity contribution in [1.82, 2.24) is 5.32 Å². The average molecular weight is 225 g/mol. The molecule has 4 atom stereocenters. The summed E-state index contributed by atoms with van der Waals surface area (Å²) in [6.45, 7) is 4.91. The molecule has 3 nitrogen and oxygen atoms in total. The topological polar surface area (TPSA) is 38.3 Å². The van der Waals surface area contributed by atoms with E-state index in [1.165, 1.54) is 6.42 Å². The van der Waals surface area contributed by atoms with Crippen molar-refractivity contribution in [3.8, 4) is 0 Å². The zero-order valence-electron chi connectivity index (χ0n) is 10.4.